The van der Waals surface area contributed by atoms with E-state index in [2.05, 4.69) is 34.4 Å². The molecule has 0 aromatic rings. The van der Waals surface area contributed by atoms with E-state index in [9.17, 15) is 0 Å². The van der Waals surface area contributed by atoms with E-state index in [1.165, 1.54) is 25.7 Å². The summed E-state index contributed by atoms with van der Waals surface area (Å²) in [6.07, 6.45) is 5.78. The maximum absolute atomic E-state index is 2.50. The Morgan fingerprint density at radius 3 is 1.50 bits per heavy atom. The van der Waals surface area contributed by atoms with Crippen LogP contribution in [0.15, 0.2) is 0 Å². The summed E-state index contributed by atoms with van der Waals surface area (Å²) in [6.45, 7) is 12.4. The van der Waals surface area contributed by atoms with Crippen molar-refractivity contribution in [2.75, 3.05) is 6.66 Å². The summed E-state index contributed by atoms with van der Waals surface area (Å²) in [7, 11) is 0.195. The van der Waals surface area contributed by atoms with Gasteiger partial charge in [0.05, 0.1) is 0 Å². The minimum atomic E-state index is 0.195. The lowest BCUT2D eigenvalue weighted by Gasteiger charge is -2.41. The van der Waals surface area contributed by atoms with E-state index in [1.807, 2.05) is 0 Å². The molecule has 0 aromatic heterocycles. The van der Waals surface area contributed by atoms with Crippen LogP contribution in [0.3, 0.4) is 0 Å². The Hall–Kier alpha value is 0.430. The van der Waals surface area contributed by atoms with Gasteiger partial charge in [0.1, 0.15) is 0 Å². The van der Waals surface area contributed by atoms with E-state index in [1.54, 1.807) is 0 Å². The van der Waals surface area contributed by atoms with Crippen molar-refractivity contribution in [3.8, 4) is 0 Å². The molecule has 1 heterocycles. The highest BCUT2D eigenvalue weighted by atomic mass is 31.1. The fourth-order valence-electron chi connectivity index (χ4n) is 2.27. The Labute approximate surface area is 78.9 Å². The summed E-state index contributed by atoms with van der Waals surface area (Å²) in [5.41, 5.74) is 0. The molecule has 1 fully saturated rings. The molecule has 1 heteroatoms. The first-order chi connectivity index (χ1) is 5.36. The lowest BCUT2D eigenvalue weighted by atomic mass is 10.0. The molecule has 0 amide bonds. The molecule has 0 radical (unpaired) electrons. The Balaban J connectivity index is 2.81. The molecule has 0 spiro atoms. The van der Waals surface area contributed by atoms with Gasteiger partial charge in [0, 0.05) is 0 Å². The van der Waals surface area contributed by atoms with Crippen LogP contribution in [0, 0.1) is 0 Å². The Morgan fingerprint density at radius 2 is 1.17 bits per heavy atom. The van der Waals surface area contributed by atoms with Gasteiger partial charge in [0.25, 0.3) is 0 Å². The number of hydrogen-bond donors (Lipinski definition) is 0. The zero-order chi connectivity index (χ0) is 9.41. The third-order valence-electron chi connectivity index (χ3n) is 3.64. The van der Waals surface area contributed by atoms with Gasteiger partial charge in [-0.2, -0.15) is 0 Å². The fraction of sp³-hybridized carbons (Fsp3) is 1.00. The summed E-state index contributed by atoms with van der Waals surface area (Å²) in [4.78, 5) is 0. The molecular weight excluding hydrogens is 163 g/mol. The molecule has 0 aliphatic carbocycles. The van der Waals surface area contributed by atoms with Crippen LogP contribution in [-0.4, -0.2) is 17.0 Å². The molecule has 1 aliphatic heterocycles. The summed E-state index contributed by atoms with van der Waals surface area (Å²) >= 11 is 0. The second-order valence-electron chi connectivity index (χ2n) is 5.39. The molecule has 0 N–H and O–H groups in total. The molecule has 12 heavy (non-hydrogen) atoms. The monoisotopic (exact) mass is 186 g/mol. The Bertz CT molecular complexity index is 140. The molecule has 72 valence electrons. The third kappa shape index (κ3) is 2.02. The topological polar surface area (TPSA) is 0 Å². The minimum Gasteiger partial charge on any atom is -0.0983 e. The molecule has 1 saturated heterocycles. The molecule has 0 bridgehead atoms. The Kier molecular flexibility index (Phi) is 2.88. The SMILES string of the molecule is CP1C(C)(C)CCCCC1(C)C. The van der Waals surface area contributed by atoms with Crippen molar-refractivity contribution in [1.29, 1.82) is 0 Å². The first kappa shape index (κ1) is 10.5. The van der Waals surface area contributed by atoms with Crippen molar-refractivity contribution >= 4 is 7.92 Å². The van der Waals surface area contributed by atoms with E-state index >= 15 is 0 Å². The van der Waals surface area contributed by atoms with Crippen LogP contribution < -0.4 is 0 Å². The summed E-state index contributed by atoms with van der Waals surface area (Å²) in [6, 6.07) is 0. The normalized spacial score (nSPS) is 29.8. The van der Waals surface area contributed by atoms with Gasteiger partial charge in [-0.3, -0.25) is 0 Å². The van der Waals surface area contributed by atoms with E-state index in [-0.39, 0.29) is 7.92 Å². The highest BCUT2D eigenvalue weighted by Crippen LogP contribution is 2.61. The van der Waals surface area contributed by atoms with Gasteiger partial charge in [-0.15, -0.1) is 0 Å². The lowest BCUT2D eigenvalue weighted by Crippen LogP contribution is -2.26. The van der Waals surface area contributed by atoms with Crippen molar-refractivity contribution in [2.24, 2.45) is 0 Å². The predicted molar refractivity (Wildman–Crippen MR) is 59.5 cm³/mol. The van der Waals surface area contributed by atoms with Crippen LogP contribution >= 0.6 is 7.92 Å². The quantitative estimate of drug-likeness (QED) is 0.497. The van der Waals surface area contributed by atoms with E-state index in [4.69, 9.17) is 0 Å². The third-order valence-corrected chi connectivity index (χ3v) is 7.72. The van der Waals surface area contributed by atoms with Crippen molar-refractivity contribution in [2.45, 2.75) is 63.7 Å². The molecule has 0 atom stereocenters. The largest absolute Gasteiger partial charge is 0.0983 e. The van der Waals surface area contributed by atoms with E-state index in [0.717, 1.165) is 0 Å². The molecule has 1 rings (SSSR count). The minimum absolute atomic E-state index is 0.195. The number of rotatable bonds is 0. The zero-order valence-corrected chi connectivity index (χ0v) is 10.2. The first-order valence-corrected chi connectivity index (χ1v) is 6.89. The van der Waals surface area contributed by atoms with Crippen molar-refractivity contribution in [3.05, 3.63) is 0 Å². The van der Waals surface area contributed by atoms with Gasteiger partial charge in [-0.05, 0) is 29.8 Å². The zero-order valence-electron chi connectivity index (χ0n) is 9.28. The van der Waals surface area contributed by atoms with Crippen LogP contribution in [0.4, 0.5) is 0 Å². The molecule has 0 unspecified atom stereocenters. The van der Waals surface area contributed by atoms with Crippen molar-refractivity contribution in [3.63, 3.8) is 0 Å². The Morgan fingerprint density at radius 1 is 0.833 bits per heavy atom. The smallest absolute Gasteiger partial charge is 0.0149 e. The van der Waals surface area contributed by atoms with Gasteiger partial charge >= 0.3 is 0 Å². The second-order valence-corrected chi connectivity index (χ2v) is 8.93. The van der Waals surface area contributed by atoms with Crippen LogP contribution in [0.1, 0.15) is 53.4 Å². The van der Waals surface area contributed by atoms with E-state index in [0.29, 0.717) is 10.3 Å². The average molecular weight is 186 g/mol. The first-order valence-electron chi connectivity index (χ1n) is 5.10. The number of hydrogen-bond acceptors (Lipinski definition) is 0. The lowest BCUT2D eigenvalue weighted by molar-refractivity contribution is 0.563. The summed E-state index contributed by atoms with van der Waals surface area (Å²) in [5, 5.41) is 1.24. The van der Waals surface area contributed by atoms with Crippen LogP contribution in [-0.2, 0) is 0 Å². The molecule has 0 nitrogen and oxygen atoms in total. The molecule has 1 aliphatic rings. The van der Waals surface area contributed by atoms with Crippen LogP contribution in [0.2, 0.25) is 0 Å². The maximum Gasteiger partial charge on any atom is -0.0149 e. The van der Waals surface area contributed by atoms with Gasteiger partial charge in [0.15, 0.2) is 0 Å². The van der Waals surface area contributed by atoms with Crippen LogP contribution in [0.25, 0.3) is 0 Å². The highest BCUT2D eigenvalue weighted by Gasteiger charge is 2.38. The van der Waals surface area contributed by atoms with Crippen molar-refractivity contribution in [1.82, 2.24) is 0 Å². The van der Waals surface area contributed by atoms with Crippen LogP contribution in [0.5, 0.6) is 0 Å². The molecule has 0 saturated carbocycles. The molecule has 0 aromatic carbocycles. The summed E-state index contributed by atoms with van der Waals surface area (Å²) < 4.78 is 0. The predicted octanol–water partition coefficient (Wildman–Crippen LogP) is 4.23. The molecular formula is C11H23P. The second kappa shape index (κ2) is 3.29. The maximum atomic E-state index is 2.50. The highest BCUT2D eigenvalue weighted by molar-refractivity contribution is 7.60. The van der Waals surface area contributed by atoms with E-state index < -0.39 is 0 Å². The van der Waals surface area contributed by atoms with Gasteiger partial charge < -0.3 is 0 Å². The summed E-state index contributed by atoms with van der Waals surface area (Å²) in [5.74, 6) is 0. The van der Waals surface area contributed by atoms with Gasteiger partial charge in [0.2, 0.25) is 0 Å². The fourth-order valence-corrected chi connectivity index (χ4v) is 4.90. The van der Waals surface area contributed by atoms with Gasteiger partial charge in [-0.1, -0.05) is 48.5 Å². The van der Waals surface area contributed by atoms with Crippen molar-refractivity contribution < 1.29 is 0 Å². The average Bonchev–Trinajstić information content (AvgIpc) is 2.02. The van der Waals surface area contributed by atoms with Gasteiger partial charge in [-0.25, -0.2) is 0 Å². The standard InChI is InChI=1S/C11H23P/c1-10(2)8-6-7-9-11(3,4)12(10)5/h6-9H2,1-5H3.